The maximum atomic E-state index is 11.9. The standard InChI is InChI=1S/C41H45N5O2/c1-29(2)36-10-6-7-11-37(36)38-27-45(32-8-4-3-5-9-32)20-21-46(38)34-24-41(25-34)15-18-44(19-16-41)33-13-12-31(28-47)39(23-33)48-35-22-30-14-17-42-40(30)43-26-35/h3-14,17,22-23,26,28-29,34,38H,15-16,18-21,24-25,27H2,1-2H3,(H,42,43). The summed E-state index contributed by atoms with van der Waals surface area (Å²) in [4.78, 5) is 27.4. The van der Waals surface area contributed by atoms with Gasteiger partial charge in [-0.05, 0) is 84.5 Å². The van der Waals surface area contributed by atoms with Crippen LogP contribution in [-0.2, 0) is 0 Å². The number of aldehydes is 1. The predicted molar refractivity (Wildman–Crippen MR) is 194 cm³/mol. The summed E-state index contributed by atoms with van der Waals surface area (Å²) >= 11 is 0. The topological polar surface area (TPSA) is 64.7 Å². The maximum absolute atomic E-state index is 11.9. The van der Waals surface area contributed by atoms with Crippen LogP contribution in [0.5, 0.6) is 11.5 Å². The highest BCUT2D eigenvalue weighted by molar-refractivity contribution is 5.81. The zero-order valence-corrected chi connectivity index (χ0v) is 28.0. The number of carbonyl (C=O) groups is 1. The van der Waals surface area contributed by atoms with Crippen molar-refractivity contribution in [1.29, 1.82) is 0 Å². The molecule has 2 aromatic heterocycles. The molecule has 8 rings (SSSR count). The molecule has 5 aromatic rings. The van der Waals surface area contributed by atoms with Gasteiger partial charge in [-0.3, -0.25) is 9.69 Å². The van der Waals surface area contributed by atoms with Crippen molar-refractivity contribution in [2.45, 2.75) is 57.5 Å². The van der Waals surface area contributed by atoms with Gasteiger partial charge in [-0.2, -0.15) is 0 Å². The highest BCUT2D eigenvalue weighted by Crippen LogP contribution is 2.53. The summed E-state index contributed by atoms with van der Waals surface area (Å²) < 4.78 is 6.23. The lowest BCUT2D eigenvalue weighted by atomic mass is 9.59. The van der Waals surface area contributed by atoms with Crippen molar-refractivity contribution in [2.75, 3.05) is 42.5 Å². The van der Waals surface area contributed by atoms with E-state index in [0.29, 0.717) is 40.5 Å². The third-order valence-electron chi connectivity index (χ3n) is 11.2. The number of anilines is 2. The second kappa shape index (κ2) is 12.8. The zero-order chi connectivity index (χ0) is 32.7. The van der Waals surface area contributed by atoms with Gasteiger partial charge in [-0.15, -0.1) is 0 Å². The number of fused-ring (bicyclic) bond motifs is 1. The van der Waals surface area contributed by atoms with Crippen molar-refractivity contribution < 1.29 is 9.53 Å². The van der Waals surface area contributed by atoms with Crippen LogP contribution in [0.15, 0.2) is 97.3 Å². The molecule has 1 aliphatic carbocycles. The predicted octanol–water partition coefficient (Wildman–Crippen LogP) is 8.60. The highest BCUT2D eigenvalue weighted by Gasteiger charge is 2.50. The fourth-order valence-corrected chi connectivity index (χ4v) is 8.55. The Bertz CT molecular complexity index is 1890. The van der Waals surface area contributed by atoms with Gasteiger partial charge >= 0.3 is 0 Å². The first-order valence-corrected chi connectivity index (χ1v) is 17.6. The molecule has 1 N–H and O–H groups in total. The number of hydrogen-bond donors (Lipinski definition) is 1. The largest absolute Gasteiger partial charge is 0.455 e. The van der Waals surface area contributed by atoms with Crippen LogP contribution in [0.25, 0.3) is 11.0 Å². The van der Waals surface area contributed by atoms with E-state index < -0.39 is 0 Å². The molecule has 3 aliphatic rings. The van der Waals surface area contributed by atoms with Gasteiger partial charge in [-0.1, -0.05) is 56.3 Å². The zero-order valence-electron chi connectivity index (χ0n) is 28.0. The summed E-state index contributed by atoms with van der Waals surface area (Å²) in [5, 5.41) is 0.977. The molecule has 48 heavy (non-hydrogen) atoms. The van der Waals surface area contributed by atoms with Crippen molar-refractivity contribution in [3.63, 3.8) is 0 Å². The normalized spacial score (nSPS) is 19.9. The molecular formula is C41H45N5O2. The van der Waals surface area contributed by atoms with Crippen molar-refractivity contribution >= 4 is 28.7 Å². The first-order valence-electron chi connectivity index (χ1n) is 17.6. The van der Waals surface area contributed by atoms with Gasteiger partial charge in [0.1, 0.15) is 17.1 Å². The average Bonchev–Trinajstić information content (AvgIpc) is 3.59. The second-order valence-corrected chi connectivity index (χ2v) is 14.4. The van der Waals surface area contributed by atoms with E-state index in [2.05, 4.69) is 99.2 Å². The highest BCUT2D eigenvalue weighted by atomic mass is 16.5. The third kappa shape index (κ3) is 5.85. The summed E-state index contributed by atoms with van der Waals surface area (Å²) in [5.74, 6) is 1.70. The van der Waals surface area contributed by atoms with Crippen LogP contribution < -0.4 is 14.5 Å². The number of aromatic nitrogens is 2. The molecule has 2 saturated heterocycles. The molecule has 0 radical (unpaired) electrons. The van der Waals surface area contributed by atoms with E-state index in [1.807, 2.05) is 30.5 Å². The Morgan fingerprint density at radius 3 is 2.46 bits per heavy atom. The van der Waals surface area contributed by atoms with Gasteiger partial charge in [0, 0.05) is 67.8 Å². The number of piperidine rings is 1. The summed E-state index contributed by atoms with van der Waals surface area (Å²) in [6, 6.07) is 31.0. The van der Waals surface area contributed by atoms with Gasteiger partial charge in [-0.25, -0.2) is 4.98 Å². The number of ether oxygens (including phenoxy) is 1. The van der Waals surface area contributed by atoms with Crippen LogP contribution in [0.1, 0.15) is 73.0 Å². The van der Waals surface area contributed by atoms with E-state index in [-0.39, 0.29) is 0 Å². The van der Waals surface area contributed by atoms with E-state index in [1.54, 1.807) is 6.20 Å². The number of benzene rings is 3. The fourth-order valence-electron chi connectivity index (χ4n) is 8.55. The molecule has 7 nitrogen and oxygen atoms in total. The minimum absolute atomic E-state index is 0.392. The van der Waals surface area contributed by atoms with Crippen molar-refractivity contribution in [1.82, 2.24) is 14.9 Å². The number of pyridine rings is 1. The molecule has 3 aromatic carbocycles. The number of aromatic amines is 1. The number of hydrogen-bond acceptors (Lipinski definition) is 6. The Labute approximate surface area is 283 Å². The molecule has 0 amide bonds. The molecule has 0 bridgehead atoms. The van der Waals surface area contributed by atoms with E-state index >= 15 is 0 Å². The number of carbonyl (C=O) groups excluding carboxylic acids is 1. The molecule has 2 aliphatic heterocycles. The smallest absolute Gasteiger partial charge is 0.153 e. The van der Waals surface area contributed by atoms with Gasteiger partial charge < -0.3 is 19.5 Å². The van der Waals surface area contributed by atoms with Crippen molar-refractivity contribution in [2.24, 2.45) is 5.41 Å². The summed E-state index contributed by atoms with van der Waals surface area (Å²) in [5.41, 5.74) is 7.20. The van der Waals surface area contributed by atoms with E-state index in [1.165, 1.54) is 42.5 Å². The lowest BCUT2D eigenvalue weighted by Crippen LogP contribution is -2.60. The quantitative estimate of drug-likeness (QED) is 0.172. The van der Waals surface area contributed by atoms with Crippen LogP contribution >= 0.6 is 0 Å². The van der Waals surface area contributed by atoms with Crippen LogP contribution in [0.3, 0.4) is 0 Å². The second-order valence-electron chi connectivity index (χ2n) is 14.4. The molecule has 1 unspecified atom stereocenters. The van der Waals surface area contributed by atoms with Crippen LogP contribution in [0.2, 0.25) is 0 Å². The Hall–Kier alpha value is -4.62. The summed E-state index contributed by atoms with van der Waals surface area (Å²) in [6.45, 7) is 9.88. The fraction of sp³-hybridized carbons (Fsp3) is 0.366. The molecule has 1 spiro atoms. The molecule has 246 valence electrons. The number of H-pyrrole nitrogens is 1. The lowest BCUT2D eigenvalue weighted by molar-refractivity contribution is -0.0399. The molecule has 1 atom stereocenters. The molecule has 4 heterocycles. The first-order chi connectivity index (χ1) is 23.5. The summed E-state index contributed by atoms with van der Waals surface area (Å²) in [6.07, 6.45) is 9.38. The molecule has 1 saturated carbocycles. The van der Waals surface area contributed by atoms with Gasteiger partial charge in [0.15, 0.2) is 6.29 Å². The SMILES string of the molecule is CC(C)c1ccccc1C1CN(c2ccccc2)CCN1C1CC2(CCN(c3ccc(C=O)c(Oc4cnc5[nH]ccc5c4)c3)CC2)C1. The van der Waals surface area contributed by atoms with E-state index in [0.717, 1.165) is 55.7 Å². The van der Waals surface area contributed by atoms with Gasteiger partial charge in [0.2, 0.25) is 0 Å². The Morgan fingerprint density at radius 1 is 0.875 bits per heavy atom. The first kappa shape index (κ1) is 30.7. The average molecular weight is 640 g/mol. The lowest BCUT2D eigenvalue weighted by Gasteiger charge is -2.58. The van der Waals surface area contributed by atoms with Gasteiger partial charge in [0.25, 0.3) is 0 Å². The van der Waals surface area contributed by atoms with E-state index in [9.17, 15) is 4.79 Å². The van der Waals surface area contributed by atoms with E-state index in [4.69, 9.17) is 4.74 Å². The van der Waals surface area contributed by atoms with Crippen LogP contribution in [0.4, 0.5) is 11.4 Å². The molecule has 3 fully saturated rings. The number of para-hydroxylation sites is 1. The molecular weight excluding hydrogens is 594 g/mol. The number of piperazine rings is 1. The number of nitrogens with zero attached hydrogens (tertiary/aromatic N) is 4. The minimum Gasteiger partial charge on any atom is -0.455 e. The van der Waals surface area contributed by atoms with Gasteiger partial charge in [0.05, 0.1) is 17.8 Å². The van der Waals surface area contributed by atoms with Crippen molar-refractivity contribution in [3.05, 3.63) is 114 Å². The number of nitrogens with one attached hydrogen (secondary N) is 1. The summed E-state index contributed by atoms with van der Waals surface area (Å²) in [7, 11) is 0. The van der Waals surface area contributed by atoms with Crippen LogP contribution in [-0.4, -0.2) is 59.9 Å². The number of rotatable bonds is 8. The monoisotopic (exact) mass is 639 g/mol. The third-order valence-corrected chi connectivity index (χ3v) is 11.2. The Balaban J connectivity index is 0.953. The Kier molecular flexibility index (Phi) is 8.17. The molecule has 7 heteroatoms. The van der Waals surface area contributed by atoms with Crippen LogP contribution in [0, 0.1) is 5.41 Å². The minimum atomic E-state index is 0.392. The maximum Gasteiger partial charge on any atom is 0.153 e. The van der Waals surface area contributed by atoms with Crippen molar-refractivity contribution in [3.8, 4) is 11.5 Å². The Morgan fingerprint density at radius 2 is 1.67 bits per heavy atom.